The van der Waals surface area contributed by atoms with Crippen molar-refractivity contribution in [2.45, 2.75) is 18.8 Å². The van der Waals surface area contributed by atoms with Gasteiger partial charge in [0.05, 0.1) is 19.0 Å². The molecule has 0 aromatic carbocycles. The Bertz CT molecular complexity index is 231. The second kappa shape index (κ2) is 3.46. The second-order valence-corrected chi connectivity index (χ2v) is 4.09. The Kier molecular flexibility index (Phi) is 2.43. The van der Waals surface area contributed by atoms with Crippen LogP contribution in [-0.4, -0.2) is 42.9 Å². The van der Waals surface area contributed by atoms with E-state index in [1.54, 1.807) is 0 Å². The number of piperidine rings is 1. The van der Waals surface area contributed by atoms with Gasteiger partial charge in [-0.05, 0) is 19.4 Å². The number of carbonyl (C=O) groups excluding carboxylic acids is 1. The molecule has 14 heavy (non-hydrogen) atoms. The summed E-state index contributed by atoms with van der Waals surface area (Å²) in [6.45, 7) is 0.797. The first-order valence-corrected chi connectivity index (χ1v) is 4.96. The third-order valence-electron chi connectivity index (χ3n) is 2.80. The first-order chi connectivity index (χ1) is 6.58. The maximum atomic E-state index is 12.5. The van der Waals surface area contributed by atoms with Gasteiger partial charge >= 0.3 is 0 Å². The molecule has 1 unspecified atom stereocenters. The number of nitrogens with zero attached hydrogens (tertiary/aromatic N) is 1. The smallest absolute Gasteiger partial charge is 0.282 e. The minimum atomic E-state index is -2.64. The Morgan fingerprint density at radius 1 is 1.43 bits per heavy atom. The maximum absolute atomic E-state index is 12.5. The van der Waals surface area contributed by atoms with E-state index in [0.29, 0.717) is 6.54 Å². The first kappa shape index (κ1) is 9.83. The molecule has 2 fully saturated rings. The van der Waals surface area contributed by atoms with Gasteiger partial charge in [0.25, 0.3) is 5.92 Å². The van der Waals surface area contributed by atoms with Crippen molar-refractivity contribution >= 4 is 5.91 Å². The number of carbonyl (C=O) groups is 1. The topological polar surface area (TPSA) is 32.3 Å². The predicted octanol–water partition coefficient (Wildman–Crippen LogP) is 0.463. The van der Waals surface area contributed by atoms with E-state index < -0.39 is 5.92 Å². The summed E-state index contributed by atoms with van der Waals surface area (Å²) in [5, 5.41) is 3.10. The Balaban J connectivity index is 1.84. The zero-order valence-corrected chi connectivity index (χ0v) is 7.93. The summed E-state index contributed by atoms with van der Waals surface area (Å²) in [4.78, 5) is 12.9. The average molecular weight is 204 g/mol. The van der Waals surface area contributed by atoms with Crippen molar-refractivity contribution < 1.29 is 13.6 Å². The quantitative estimate of drug-likeness (QED) is 0.673. The van der Waals surface area contributed by atoms with Gasteiger partial charge < -0.3 is 10.2 Å². The van der Waals surface area contributed by atoms with Gasteiger partial charge in [-0.2, -0.15) is 0 Å². The van der Waals surface area contributed by atoms with Crippen LogP contribution in [-0.2, 0) is 4.79 Å². The van der Waals surface area contributed by atoms with E-state index in [4.69, 9.17) is 0 Å². The van der Waals surface area contributed by atoms with Gasteiger partial charge in [-0.3, -0.25) is 4.79 Å². The van der Waals surface area contributed by atoms with Gasteiger partial charge in [-0.25, -0.2) is 8.78 Å². The molecule has 0 aliphatic carbocycles. The molecule has 0 radical (unpaired) electrons. The van der Waals surface area contributed by atoms with Crippen LogP contribution in [0.3, 0.4) is 0 Å². The van der Waals surface area contributed by atoms with Crippen molar-refractivity contribution in [3.8, 4) is 0 Å². The third kappa shape index (κ3) is 1.87. The highest BCUT2D eigenvalue weighted by atomic mass is 19.3. The fourth-order valence-corrected chi connectivity index (χ4v) is 1.99. The van der Waals surface area contributed by atoms with Crippen LogP contribution >= 0.6 is 0 Å². The van der Waals surface area contributed by atoms with Crippen molar-refractivity contribution in [1.82, 2.24) is 10.2 Å². The van der Waals surface area contributed by atoms with Crippen molar-refractivity contribution in [3.63, 3.8) is 0 Å². The number of amides is 1. The lowest BCUT2D eigenvalue weighted by atomic mass is 9.96. The Hall–Kier alpha value is -0.710. The van der Waals surface area contributed by atoms with Crippen LogP contribution in [0.2, 0.25) is 0 Å². The van der Waals surface area contributed by atoms with Crippen molar-refractivity contribution in [1.29, 1.82) is 0 Å². The molecule has 2 heterocycles. The van der Waals surface area contributed by atoms with E-state index in [1.165, 1.54) is 4.90 Å². The van der Waals surface area contributed by atoms with Gasteiger partial charge in [0.1, 0.15) is 0 Å². The molecular formula is C9H14F2N2O. The molecule has 0 saturated carbocycles. The zero-order valence-electron chi connectivity index (χ0n) is 7.93. The lowest BCUT2D eigenvalue weighted by molar-refractivity contribution is -0.170. The molecule has 0 spiro atoms. The molecule has 1 atom stereocenters. The van der Waals surface area contributed by atoms with Crippen LogP contribution in [0.1, 0.15) is 12.8 Å². The fourth-order valence-electron chi connectivity index (χ4n) is 1.99. The van der Waals surface area contributed by atoms with E-state index in [0.717, 1.165) is 19.4 Å². The van der Waals surface area contributed by atoms with Crippen molar-refractivity contribution in [2.24, 2.45) is 5.92 Å². The predicted molar refractivity (Wildman–Crippen MR) is 47.1 cm³/mol. The molecule has 0 bridgehead atoms. The molecule has 5 heteroatoms. The molecule has 2 aliphatic heterocycles. The van der Waals surface area contributed by atoms with Crippen LogP contribution in [0.25, 0.3) is 0 Å². The second-order valence-electron chi connectivity index (χ2n) is 4.09. The fraction of sp³-hybridized carbons (Fsp3) is 0.889. The number of halogens is 2. The number of hydrogen-bond acceptors (Lipinski definition) is 2. The monoisotopic (exact) mass is 204 g/mol. The van der Waals surface area contributed by atoms with Crippen LogP contribution < -0.4 is 5.32 Å². The highest BCUT2D eigenvalue weighted by Gasteiger charge is 2.47. The summed E-state index contributed by atoms with van der Waals surface area (Å²) in [5.41, 5.74) is 0. The molecule has 0 aromatic heterocycles. The summed E-state index contributed by atoms with van der Waals surface area (Å²) in [5.74, 6) is -2.83. The molecule has 0 aromatic rings. The van der Waals surface area contributed by atoms with Crippen molar-refractivity contribution in [2.75, 3.05) is 26.2 Å². The van der Waals surface area contributed by atoms with Gasteiger partial charge in [0.2, 0.25) is 5.91 Å². The first-order valence-electron chi connectivity index (χ1n) is 4.96. The maximum Gasteiger partial charge on any atom is 0.282 e. The minimum absolute atomic E-state index is 0.0835. The van der Waals surface area contributed by atoms with E-state index in [-0.39, 0.29) is 24.9 Å². The van der Waals surface area contributed by atoms with E-state index in [9.17, 15) is 13.6 Å². The number of nitrogens with one attached hydrogen (secondary N) is 1. The summed E-state index contributed by atoms with van der Waals surface area (Å²) in [6, 6.07) is 0. The lowest BCUT2D eigenvalue weighted by Gasteiger charge is -2.41. The van der Waals surface area contributed by atoms with Crippen molar-refractivity contribution in [3.05, 3.63) is 0 Å². The van der Waals surface area contributed by atoms with Crippen LogP contribution in [0.4, 0.5) is 8.78 Å². The molecule has 2 saturated heterocycles. The van der Waals surface area contributed by atoms with E-state index in [2.05, 4.69) is 5.32 Å². The zero-order chi connectivity index (χ0) is 10.2. The SMILES string of the molecule is O=C(C1CCCNC1)N1CC(F)(F)C1. The number of hydrogen-bond donors (Lipinski definition) is 1. The molecule has 2 aliphatic rings. The molecule has 1 N–H and O–H groups in total. The van der Waals surface area contributed by atoms with Crippen LogP contribution in [0.5, 0.6) is 0 Å². The standard InChI is InChI=1S/C9H14F2N2O/c10-9(11)5-13(6-9)8(14)7-2-1-3-12-4-7/h7,12H,1-6H2. The Morgan fingerprint density at radius 3 is 2.64 bits per heavy atom. The Morgan fingerprint density at radius 2 is 2.14 bits per heavy atom. The van der Waals surface area contributed by atoms with Gasteiger partial charge in [0.15, 0.2) is 0 Å². The van der Waals surface area contributed by atoms with Crippen LogP contribution in [0, 0.1) is 5.92 Å². The average Bonchev–Trinajstić information content (AvgIpc) is 2.14. The summed E-state index contributed by atoms with van der Waals surface area (Å²) < 4.78 is 25.0. The molecule has 80 valence electrons. The number of alkyl halides is 2. The molecular weight excluding hydrogens is 190 g/mol. The minimum Gasteiger partial charge on any atom is -0.330 e. The number of rotatable bonds is 1. The lowest BCUT2D eigenvalue weighted by Crippen LogP contribution is -2.60. The van der Waals surface area contributed by atoms with Gasteiger partial charge in [-0.15, -0.1) is 0 Å². The van der Waals surface area contributed by atoms with Crippen LogP contribution in [0.15, 0.2) is 0 Å². The summed E-state index contributed by atoms with van der Waals surface area (Å²) in [6.07, 6.45) is 1.79. The molecule has 3 nitrogen and oxygen atoms in total. The Labute approximate surface area is 81.4 Å². The highest BCUT2D eigenvalue weighted by Crippen LogP contribution is 2.28. The van der Waals surface area contributed by atoms with Gasteiger partial charge in [0, 0.05) is 6.54 Å². The highest BCUT2D eigenvalue weighted by molar-refractivity contribution is 5.80. The molecule has 2 rings (SSSR count). The van der Waals surface area contributed by atoms with E-state index in [1.807, 2.05) is 0 Å². The largest absolute Gasteiger partial charge is 0.330 e. The summed E-state index contributed by atoms with van der Waals surface area (Å²) in [7, 11) is 0. The number of likely N-dealkylation sites (tertiary alicyclic amines) is 1. The third-order valence-corrected chi connectivity index (χ3v) is 2.80. The molecule has 1 amide bonds. The van der Waals surface area contributed by atoms with Gasteiger partial charge in [-0.1, -0.05) is 0 Å². The summed E-state index contributed by atoms with van der Waals surface area (Å²) >= 11 is 0. The normalized spacial score (nSPS) is 31.0. The van der Waals surface area contributed by atoms with E-state index >= 15 is 0 Å².